The molecule has 1 aromatic carbocycles. The number of hydrogen-bond acceptors (Lipinski definition) is 1. The molecule has 0 radical (unpaired) electrons. The fourth-order valence-corrected chi connectivity index (χ4v) is 3.22. The van der Waals surface area contributed by atoms with E-state index in [1.54, 1.807) is 0 Å². The van der Waals surface area contributed by atoms with Crippen molar-refractivity contribution < 1.29 is 8.78 Å². The summed E-state index contributed by atoms with van der Waals surface area (Å²) in [5.74, 6) is 1.32. The molecule has 0 amide bonds. The molecular formula is C14H17F2N. The number of halogens is 2. The largest absolute Gasteiger partial charge is 0.327 e. The van der Waals surface area contributed by atoms with Crippen LogP contribution in [-0.2, 0) is 6.42 Å². The Bertz CT molecular complexity index is 422. The van der Waals surface area contributed by atoms with Gasteiger partial charge in [0.1, 0.15) is 11.6 Å². The van der Waals surface area contributed by atoms with E-state index in [1.165, 1.54) is 31.4 Å². The van der Waals surface area contributed by atoms with Gasteiger partial charge in [-0.15, -0.1) is 0 Å². The van der Waals surface area contributed by atoms with E-state index in [4.69, 9.17) is 5.73 Å². The third-order valence-electron chi connectivity index (χ3n) is 4.36. The van der Waals surface area contributed by atoms with Gasteiger partial charge in [-0.05, 0) is 55.1 Å². The average molecular weight is 237 g/mol. The lowest BCUT2D eigenvalue weighted by molar-refractivity contribution is 0.388. The van der Waals surface area contributed by atoms with Gasteiger partial charge < -0.3 is 5.73 Å². The summed E-state index contributed by atoms with van der Waals surface area (Å²) >= 11 is 0. The average Bonchev–Trinajstić information content (AvgIpc) is 2.89. The minimum absolute atomic E-state index is 0.0164. The van der Waals surface area contributed by atoms with Gasteiger partial charge in [-0.25, -0.2) is 8.78 Å². The lowest BCUT2D eigenvalue weighted by atomic mass is 9.90. The Morgan fingerprint density at radius 2 is 1.88 bits per heavy atom. The predicted octanol–water partition coefficient (Wildman–Crippen LogP) is 2.88. The molecule has 1 aromatic rings. The summed E-state index contributed by atoms with van der Waals surface area (Å²) in [5, 5.41) is 0. The Balaban J connectivity index is 1.65. The predicted molar refractivity (Wildman–Crippen MR) is 62.4 cm³/mol. The van der Waals surface area contributed by atoms with Crippen LogP contribution in [0.3, 0.4) is 0 Å². The minimum Gasteiger partial charge on any atom is -0.327 e. The molecule has 92 valence electrons. The molecular weight excluding hydrogens is 220 g/mol. The van der Waals surface area contributed by atoms with Crippen LogP contribution in [0.4, 0.5) is 8.78 Å². The highest BCUT2D eigenvalue weighted by molar-refractivity contribution is 5.20. The third kappa shape index (κ3) is 2.21. The zero-order chi connectivity index (χ0) is 12.0. The first-order valence-corrected chi connectivity index (χ1v) is 6.33. The number of rotatable bonds is 3. The maximum atomic E-state index is 13.5. The number of fused-ring (bicyclic) bond motifs is 1. The van der Waals surface area contributed by atoms with Crippen molar-refractivity contribution in [1.82, 2.24) is 0 Å². The number of hydrogen-bond donors (Lipinski definition) is 1. The Hall–Kier alpha value is -0.960. The maximum absolute atomic E-state index is 13.5. The van der Waals surface area contributed by atoms with Crippen LogP contribution < -0.4 is 5.73 Å². The Morgan fingerprint density at radius 3 is 2.53 bits per heavy atom. The van der Waals surface area contributed by atoms with E-state index < -0.39 is 11.6 Å². The Kier molecular flexibility index (Phi) is 2.66. The fraction of sp³-hybridized carbons (Fsp3) is 0.571. The molecule has 2 saturated carbocycles. The summed E-state index contributed by atoms with van der Waals surface area (Å²) in [5.41, 5.74) is 6.68. The van der Waals surface area contributed by atoms with E-state index in [2.05, 4.69) is 0 Å². The molecule has 0 aromatic heterocycles. The van der Waals surface area contributed by atoms with Crippen LogP contribution in [-0.4, -0.2) is 6.04 Å². The molecule has 0 saturated heterocycles. The minimum atomic E-state index is -0.526. The molecule has 3 atom stereocenters. The van der Waals surface area contributed by atoms with E-state index in [1.807, 2.05) is 0 Å². The van der Waals surface area contributed by atoms with E-state index >= 15 is 0 Å². The third-order valence-corrected chi connectivity index (χ3v) is 4.36. The van der Waals surface area contributed by atoms with Crippen LogP contribution in [0.1, 0.15) is 24.8 Å². The standard InChI is InChI=1S/C14H17F2N/c15-12-2-1-8(13(16)7-12)6-14(17)11-4-9-3-10(9)5-11/h1-2,7,9-11,14H,3-6,17H2. The SMILES string of the molecule is NC(Cc1ccc(F)cc1F)C1CC2CC2C1. The highest BCUT2D eigenvalue weighted by Gasteiger charge is 2.47. The van der Waals surface area contributed by atoms with E-state index in [0.29, 0.717) is 17.9 Å². The van der Waals surface area contributed by atoms with Gasteiger partial charge in [0.15, 0.2) is 0 Å². The molecule has 2 N–H and O–H groups in total. The van der Waals surface area contributed by atoms with Crippen molar-refractivity contribution in [2.24, 2.45) is 23.5 Å². The summed E-state index contributed by atoms with van der Waals surface area (Å²) in [6, 6.07) is 3.77. The van der Waals surface area contributed by atoms with Crippen molar-refractivity contribution in [3.63, 3.8) is 0 Å². The Labute approximate surface area is 100 Å². The molecule has 0 aliphatic heterocycles. The summed E-state index contributed by atoms with van der Waals surface area (Å²) in [4.78, 5) is 0. The summed E-state index contributed by atoms with van der Waals surface area (Å²) in [7, 11) is 0. The van der Waals surface area contributed by atoms with Gasteiger partial charge >= 0.3 is 0 Å². The van der Waals surface area contributed by atoms with Gasteiger partial charge in [-0.2, -0.15) is 0 Å². The molecule has 1 nitrogen and oxygen atoms in total. The van der Waals surface area contributed by atoms with E-state index in [-0.39, 0.29) is 6.04 Å². The molecule has 2 aliphatic carbocycles. The van der Waals surface area contributed by atoms with Crippen molar-refractivity contribution >= 4 is 0 Å². The van der Waals surface area contributed by atoms with Gasteiger partial charge in [0.2, 0.25) is 0 Å². The summed E-state index contributed by atoms with van der Waals surface area (Å²) in [6.45, 7) is 0. The van der Waals surface area contributed by atoms with Crippen molar-refractivity contribution in [3.05, 3.63) is 35.4 Å². The van der Waals surface area contributed by atoms with Crippen LogP contribution >= 0.6 is 0 Å². The molecule has 3 heteroatoms. The quantitative estimate of drug-likeness (QED) is 0.859. The van der Waals surface area contributed by atoms with Gasteiger partial charge in [-0.1, -0.05) is 6.07 Å². The fourth-order valence-electron chi connectivity index (χ4n) is 3.22. The van der Waals surface area contributed by atoms with Crippen molar-refractivity contribution in [1.29, 1.82) is 0 Å². The summed E-state index contributed by atoms with van der Waals surface area (Å²) in [6.07, 6.45) is 4.30. The Morgan fingerprint density at radius 1 is 1.18 bits per heavy atom. The van der Waals surface area contributed by atoms with Gasteiger partial charge in [0.05, 0.1) is 0 Å². The van der Waals surface area contributed by atoms with E-state index in [9.17, 15) is 8.78 Å². The first kappa shape index (κ1) is 11.1. The molecule has 2 aliphatic rings. The van der Waals surface area contributed by atoms with Crippen molar-refractivity contribution in [2.75, 3.05) is 0 Å². The highest BCUT2D eigenvalue weighted by Crippen LogP contribution is 2.55. The summed E-state index contributed by atoms with van der Waals surface area (Å²) < 4.78 is 26.3. The molecule has 2 fully saturated rings. The topological polar surface area (TPSA) is 26.0 Å². The van der Waals surface area contributed by atoms with Crippen LogP contribution in [0.25, 0.3) is 0 Å². The second-order valence-corrected chi connectivity index (χ2v) is 5.59. The second kappa shape index (κ2) is 4.05. The van der Waals surface area contributed by atoms with Crippen LogP contribution in [0.5, 0.6) is 0 Å². The van der Waals surface area contributed by atoms with Crippen LogP contribution in [0.15, 0.2) is 18.2 Å². The number of benzene rings is 1. The first-order valence-electron chi connectivity index (χ1n) is 6.33. The van der Waals surface area contributed by atoms with Gasteiger partial charge in [0.25, 0.3) is 0 Å². The zero-order valence-corrected chi connectivity index (χ0v) is 9.70. The van der Waals surface area contributed by atoms with Crippen LogP contribution in [0.2, 0.25) is 0 Å². The second-order valence-electron chi connectivity index (χ2n) is 5.59. The lowest BCUT2D eigenvalue weighted by Gasteiger charge is -2.20. The van der Waals surface area contributed by atoms with Crippen molar-refractivity contribution in [2.45, 2.75) is 31.7 Å². The normalized spacial score (nSPS) is 32.3. The van der Waals surface area contributed by atoms with Gasteiger partial charge in [-0.3, -0.25) is 0 Å². The first-order chi connectivity index (χ1) is 8.13. The molecule has 3 unspecified atom stereocenters. The molecule has 3 rings (SSSR count). The zero-order valence-electron chi connectivity index (χ0n) is 9.70. The van der Waals surface area contributed by atoms with Gasteiger partial charge in [0, 0.05) is 12.1 Å². The molecule has 0 heterocycles. The molecule has 0 spiro atoms. The smallest absolute Gasteiger partial charge is 0.129 e. The molecule has 17 heavy (non-hydrogen) atoms. The highest BCUT2D eigenvalue weighted by atomic mass is 19.1. The van der Waals surface area contributed by atoms with Crippen LogP contribution in [0, 0.1) is 29.4 Å². The monoisotopic (exact) mass is 237 g/mol. The van der Waals surface area contributed by atoms with Crippen molar-refractivity contribution in [3.8, 4) is 0 Å². The molecule has 0 bridgehead atoms. The lowest BCUT2D eigenvalue weighted by Crippen LogP contribution is -2.31. The maximum Gasteiger partial charge on any atom is 0.129 e. The van der Waals surface area contributed by atoms with E-state index in [0.717, 1.165) is 17.9 Å². The number of nitrogens with two attached hydrogens (primary N) is 1.